The summed E-state index contributed by atoms with van der Waals surface area (Å²) in [5.41, 5.74) is 3.78. The molecule has 0 aromatic rings. The first-order valence-corrected chi connectivity index (χ1v) is 6.92. The summed E-state index contributed by atoms with van der Waals surface area (Å²) < 4.78 is 0. The third-order valence-corrected chi connectivity index (χ3v) is 4.02. The highest BCUT2D eigenvalue weighted by Gasteiger charge is 2.54. The van der Waals surface area contributed by atoms with Gasteiger partial charge in [-0.05, 0) is 43.9 Å². The van der Waals surface area contributed by atoms with E-state index in [1.807, 2.05) is 6.92 Å². The molecule has 2 saturated carbocycles. The SMILES string of the molecule is C/C(CC(C)C)=N/NC(=O)C1[C@H]2CCCC[C@@H]12. The minimum Gasteiger partial charge on any atom is -0.273 e. The minimum atomic E-state index is 0.157. The van der Waals surface area contributed by atoms with E-state index < -0.39 is 0 Å². The summed E-state index contributed by atoms with van der Waals surface area (Å²) in [4.78, 5) is 11.9. The molecule has 3 atom stereocenters. The molecule has 0 spiro atoms. The van der Waals surface area contributed by atoms with Crippen LogP contribution in [-0.2, 0) is 4.79 Å². The number of amides is 1. The summed E-state index contributed by atoms with van der Waals surface area (Å²) in [5.74, 6) is 2.37. The van der Waals surface area contributed by atoms with Gasteiger partial charge >= 0.3 is 0 Å². The van der Waals surface area contributed by atoms with E-state index in [4.69, 9.17) is 0 Å². The standard InChI is InChI=1S/C14H24N2O/c1-9(2)8-10(3)15-16-14(17)13-11-6-4-5-7-12(11)13/h9,11-13H,4-8H2,1-3H3,(H,16,17)/b15-10-/t11-,12+,13?. The maximum absolute atomic E-state index is 11.9. The van der Waals surface area contributed by atoms with Crippen LogP contribution in [0.25, 0.3) is 0 Å². The average Bonchev–Trinajstić information content (AvgIpc) is 2.99. The van der Waals surface area contributed by atoms with E-state index in [1.54, 1.807) is 0 Å². The average molecular weight is 236 g/mol. The highest BCUT2D eigenvalue weighted by Crippen LogP contribution is 2.55. The van der Waals surface area contributed by atoms with Crippen molar-refractivity contribution in [1.29, 1.82) is 0 Å². The van der Waals surface area contributed by atoms with Gasteiger partial charge in [0.1, 0.15) is 0 Å². The monoisotopic (exact) mass is 236 g/mol. The Morgan fingerprint density at radius 1 is 1.29 bits per heavy atom. The van der Waals surface area contributed by atoms with Crippen LogP contribution in [0.2, 0.25) is 0 Å². The van der Waals surface area contributed by atoms with Crippen LogP contribution >= 0.6 is 0 Å². The Kier molecular flexibility index (Phi) is 3.85. The van der Waals surface area contributed by atoms with E-state index in [9.17, 15) is 4.79 Å². The van der Waals surface area contributed by atoms with Gasteiger partial charge in [0.15, 0.2) is 0 Å². The van der Waals surface area contributed by atoms with Crippen molar-refractivity contribution in [1.82, 2.24) is 5.43 Å². The summed E-state index contributed by atoms with van der Waals surface area (Å²) in [7, 11) is 0. The maximum atomic E-state index is 11.9. The molecule has 3 nitrogen and oxygen atoms in total. The predicted octanol–water partition coefficient (Wildman–Crippen LogP) is 2.96. The van der Waals surface area contributed by atoms with Gasteiger partial charge in [0.25, 0.3) is 0 Å². The van der Waals surface area contributed by atoms with Crippen LogP contribution in [0.5, 0.6) is 0 Å². The number of hydrazone groups is 1. The van der Waals surface area contributed by atoms with E-state index >= 15 is 0 Å². The molecule has 0 aliphatic heterocycles. The first kappa shape index (κ1) is 12.6. The summed E-state index contributed by atoms with van der Waals surface area (Å²) in [6.07, 6.45) is 6.06. The second-order valence-electron chi connectivity index (χ2n) is 6.06. The molecule has 0 radical (unpaired) electrons. The minimum absolute atomic E-state index is 0.157. The number of nitrogens with zero attached hydrogens (tertiary/aromatic N) is 1. The third kappa shape index (κ3) is 3.08. The van der Waals surface area contributed by atoms with Crippen molar-refractivity contribution >= 4 is 11.6 Å². The molecule has 0 saturated heterocycles. The molecular weight excluding hydrogens is 212 g/mol. The highest BCUT2D eigenvalue weighted by molar-refractivity contribution is 5.86. The van der Waals surface area contributed by atoms with Crippen LogP contribution in [-0.4, -0.2) is 11.6 Å². The molecule has 0 aromatic heterocycles. The lowest BCUT2D eigenvalue weighted by atomic mass is 10.0. The third-order valence-electron chi connectivity index (χ3n) is 4.02. The number of hydrogen-bond acceptors (Lipinski definition) is 2. The van der Waals surface area contributed by atoms with Crippen LogP contribution in [0.3, 0.4) is 0 Å². The van der Waals surface area contributed by atoms with Gasteiger partial charge in [-0.3, -0.25) is 4.79 Å². The second kappa shape index (κ2) is 5.19. The van der Waals surface area contributed by atoms with Crippen molar-refractivity contribution in [2.24, 2.45) is 28.8 Å². The Labute approximate surface area is 104 Å². The van der Waals surface area contributed by atoms with Crippen LogP contribution in [0.4, 0.5) is 0 Å². The molecule has 2 rings (SSSR count). The number of carbonyl (C=O) groups excluding carboxylic acids is 1. The molecule has 3 heteroatoms. The molecule has 0 bridgehead atoms. The van der Waals surface area contributed by atoms with Crippen LogP contribution in [0.15, 0.2) is 5.10 Å². The van der Waals surface area contributed by atoms with Gasteiger partial charge in [-0.25, -0.2) is 5.43 Å². The normalized spacial score (nSPS) is 32.2. The Morgan fingerprint density at radius 2 is 1.88 bits per heavy atom. The zero-order valence-electron chi connectivity index (χ0n) is 11.2. The van der Waals surface area contributed by atoms with Crippen molar-refractivity contribution in [3.63, 3.8) is 0 Å². The molecule has 1 N–H and O–H groups in total. The number of carbonyl (C=O) groups is 1. The largest absolute Gasteiger partial charge is 0.273 e. The summed E-state index contributed by atoms with van der Waals surface area (Å²) >= 11 is 0. The molecule has 2 aliphatic rings. The summed E-state index contributed by atoms with van der Waals surface area (Å²) in [6, 6.07) is 0. The summed E-state index contributed by atoms with van der Waals surface area (Å²) in [5, 5.41) is 4.20. The van der Waals surface area contributed by atoms with E-state index in [2.05, 4.69) is 24.4 Å². The first-order chi connectivity index (χ1) is 8.09. The Balaban J connectivity index is 1.78. The fourth-order valence-electron chi connectivity index (χ4n) is 3.24. The zero-order chi connectivity index (χ0) is 12.4. The lowest BCUT2D eigenvalue weighted by molar-refractivity contribution is -0.122. The summed E-state index contributed by atoms with van der Waals surface area (Å²) in [6.45, 7) is 6.31. The molecule has 2 fully saturated rings. The first-order valence-electron chi connectivity index (χ1n) is 6.92. The highest BCUT2D eigenvalue weighted by atomic mass is 16.2. The van der Waals surface area contributed by atoms with Gasteiger partial charge in [0.05, 0.1) is 0 Å². The van der Waals surface area contributed by atoms with Crippen LogP contribution in [0, 0.1) is 23.7 Å². The molecule has 2 aliphatic carbocycles. The van der Waals surface area contributed by atoms with Gasteiger partial charge < -0.3 is 0 Å². The lowest BCUT2D eigenvalue weighted by Gasteiger charge is -2.04. The molecule has 1 amide bonds. The van der Waals surface area contributed by atoms with Gasteiger partial charge in [0.2, 0.25) is 5.91 Å². The van der Waals surface area contributed by atoms with E-state index in [-0.39, 0.29) is 11.8 Å². The van der Waals surface area contributed by atoms with E-state index in [0.717, 1.165) is 12.1 Å². The number of rotatable bonds is 4. The van der Waals surface area contributed by atoms with Crippen molar-refractivity contribution in [2.45, 2.75) is 52.9 Å². The number of nitrogens with one attached hydrogen (secondary N) is 1. The Bertz CT molecular complexity index is 310. The molecule has 96 valence electrons. The predicted molar refractivity (Wildman–Crippen MR) is 69.6 cm³/mol. The Hall–Kier alpha value is -0.860. The van der Waals surface area contributed by atoms with Gasteiger partial charge in [0, 0.05) is 11.6 Å². The number of fused-ring (bicyclic) bond motifs is 1. The topological polar surface area (TPSA) is 41.5 Å². The van der Waals surface area contributed by atoms with E-state index in [1.165, 1.54) is 25.7 Å². The Morgan fingerprint density at radius 3 is 2.41 bits per heavy atom. The van der Waals surface area contributed by atoms with Crippen molar-refractivity contribution in [2.75, 3.05) is 0 Å². The quantitative estimate of drug-likeness (QED) is 0.591. The van der Waals surface area contributed by atoms with Crippen molar-refractivity contribution in [3.05, 3.63) is 0 Å². The molecule has 1 unspecified atom stereocenters. The molecule has 0 heterocycles. The molecule has 0 aromatic carbocycles. The second-order valence-corrected chi connectivity index (χ2v) is 6.06. The van der Waals surface area contributed by atoms with E-state index in [0.29, 0.717) is 17.8 Å². The van der Waals surface area contributed by atoms with Crippen molar-refractivity contribution < 1.29 is 4.79 Å². The van der Waals surface area contributed by atoms with Crippen LogP contribution < -0.4 is 5.43 Å². The zero-order valence-corrected chi connectivity index (χ0v) is 11.2. The van der Waals surface area contributed by atoms with Gasteiger partial charge in [-0.15, -0.1) is 0 Å². The number of hydrogen-bond donors (Lipinski definition) is 1. The fourth-order valence-corrected chi connectivity index (χ4v) is 3.24. The lowest BCUT2D eigenvalue weighted by Crippen LogP contribution is -2.22. The fraction of sp³-hybridized carbons (Fsp3) is 0.857. The maximum Gasteiger partial charge on any atom is 0.243 e. The van der Waals surface area contributed by atoms with Gasteiger partial charge in [-0.2, -0.15) is 5.10 Å². The molecular formula is C14H24N2O. The molecule has 17 heavy (non-hydrogen) atoms. The van der Waals surface area contributed by atoms with Gasteiger partial charge in [-0.1, -0.05) is 26.7 Å². The smallest absolute Gasteiger partial charge is 0.243 e. The van der Waals surface area contributed by atoms with Crippen molar-refractivity contribution in [3.8, 4) is 0 Å². The van der Waals surface area contributed by atoms with Crippen LogP contribution in [0.1, 0.15) is 52.9 Å².